The highest BCUT2D eigenvalue weighted by atomic mass is 32.1. The minimum Gasteiger partial charge on any atom is -0.330 e. The molecule has 1 aromatic carbocycles. The van der Waals surface area contributed by atoms with Crippen molar-refractivity contribution in [3.05, 3.63) is 30.3 Å². The van der Waals surface area contributed by atoms with Crippen LogP contribution in [0.4, 0.5) is 5.13 Å². The number of carbonyl (C=O) groups is 2. The third kappa shape index (κ3) is 3.46. The number of likely N-dealkylation sites (tertiary alicyclic amines) is 1. The molecule has 2 amide bonds. The van der Waals surface area contributed by atoms with Gasteiger partial charge in [-0.3, -0.25) is 14.9 Å². The SMILES string of the molecule is CC(C)C(=O)N1CCCC1C(=O)Nc1nnc(-c2ccccc2)s1. The highest BCUT2D eigenvalue weighted by Crippen LogP contribution is 2.27. The fraction of sp³-hybridized carbons (Fsp3) is 0.412. The number of anilines is 1. The molecule has 1 atom stereocenters. The lowest BCUT2D eigenvalue weighted by atomic mass is 10.1. The zero-order valence-corrected chi connectivity index (χ0v) is 14.5. The van der Waals surface area contributed by atoms with Gasteiger partial charge in [-0.15, -0.1) is 10.2 Å². The fourth-order valence-electron chi connectivity index (χ4n) is 2.79. The highest BCUT2D eigenvalue weighted by molar-refractivity contribution is 7.18. The molecule has 0 spiro atoms. The Morgan fingerprint density at radius 3 is 2.71 bits per heavy atom. The Kier molecular flexibility index (Phi) is 4.89. The first-order chi connectivity index (χ1) is 11.6. The summed E-state index contributed by atoms with van der Waals surface area (Å²) >= 11 is 1.33. The Hall–Kier alpha value is -2.28. The van der Waals surface area contributed by atoms with E-state index in [-0.39, 0.29) is 17.7 Å². The van der Waals surface area contributed by atoms with Crippen molar-refractivity contribution in [1.82, 2.24) is 15.1 Å². The van der Waals surface area contributed by atoms with Gasteiger partial charge in [0.05, 0.1) is 0 Å². The van der Waals surface area contributed by atoms with Gasteiger partial charge in [0.2, 0.25) is 16.9 Å². The van der Waals surface area contributed by atoms with E-state index in [1.807, 2.05) is 44.2 Å². The lowest BCUT2D eigenvalue weighted by Crippen LogP contribution is -2.44. The molecule has 24 heavy (non-hydrogen) atoms. The van der Waals surface area contributed by atoms with Gasteiger partial charge in [0.1, 0.15) is 11.0 Å². The average molecular weight is 344 g/mol. The Labute approximate surface area is 144 Å². The van der Waals surface area contributed by atoms with E-state index in [1.54, 1.807) is 4.90 Å². The number of benzene rings is 1. The predicted octanol–water partition coefficient (Wildman–Crippen LogP) is 2.79. The summed E-state index contributed by atoms with van der Waals surface area (Å²) in [6.45, 7) is 4.35. The molecule has 1 saturated heterocycles. The van der Waals surface area contributed by atoms with Gasteiger partial charge in [-0.1, -0.05) is 55.5 Å². The smallest absolute Gasteiger partial charge is 0.249 e. The van der Waals surface area contributed by atoms with E-state index in [2.05, 4.69) is 15.5 Å². The normalized spacial score (nSPS) is 17.3. The summed E-state index contributed by atoms with van der Waals surface area (Å²) in [7, 11) is 0. The Morgan fingerprint density at radius 2 is 2.00 bits per heavy atom. The Balaban J connectivity index is 1.69. The second kappa shape index (κ2) is 7.09. The molecule has 2 aromatic rings. The number of nitrogens with zero attached hydrogens (tertiary/aromatic N) is 3. The van der Waals surface area contributed by atoms with E-state index in [0.717, 1.165) is 17.0 Å². The number of carbonyl (C=O) groups excluding carboxylic acids is 2. The average Bonchev–Trinajstić information content (AvgIpc) is 3.24. The zero-order valence-electron chi connectivity index (χ0n) is 13.7. The van der Waals surface area contributed by atoms with Crippen LogP contribution >= 0.6 is 11.3 Å². The predicted molar refractivity (Wildman–Crippen MR) is 93.5 cm³/mol. The van der Waals surface area contributed by atoms with Crippen LogP contribution in [0.2, 0.25) is 0 Å². The minimum atomic E-state index is -0.413. The van der Waals surface area contributed by atoms with Crippen LogP contribution in [0.3, 0.4) is 0 Å². The second-order valence-electron chi connectivity index (χ2n) is 6.11. The maximum atomic E-state index is 12.5. The maximum absolute atomic E-state index is 12.5. The van der Waals surface area contributed by atoms with Crippen LogP contribution in [0.1, 0.15) is 26.7 Å². The van der Waals surface area contributed by atoms with E-state index in [0.29, 0.717) is 18.1 Å². The number of rotatable bonds is 4. The summed E-state index contributed by atoms with van der Waals surface area (Å²) in [5, 5.41) is 12.2. The molecule has 1 aliphatic rings. The molecule has 1 aromatic heterocycles. The number of hydrogen-bond donors (Lipinski definition) is 1. The molecule has 0 aliphatic carbocycles. The molecule has 0 saturated carbocycles. The molecule has 1 fully saturated rings. The van der Waals surface area contributed by atoms with Gasteiger partial charge in [0.25, 0.3) is 0 Å². The van der Waals surface area contributed by atoms with Crippen molar-refractivity contribution in [3.63, 3.8) is 0 Å². The van der Waals surface area contributed by atoms with E-state index >= 15 is 0 Å². The number of hydrogen-bond acceptors (Lipinski definition) is 5. The van der Waals surface area contributed by atoms with E-state index in [9.17, 15) is 9.59 Å². The van der Waals surface area contributed by atoms with Crippen molar-refractivity contribution in [2.75, 3.05) is 11.9 Å². The van der Waals surface area contributed by atoms with E-state index < -0.39 is 6.04 Å². The van der Waals surface area contributed by atoms with Gasteiger partial charge in [-0.2, -0.15) is 0 Å². The van der Waals surface area contributed by atoms with E-state index in [4.69, 9.17) is 0 Å². The molecule has 126 valence electrons. The van der Waals surface area contributed by atoms with Crippen LogP contribution in [0, 0.1) is 5.92 Å². The second-order valence-corrected chi connectivity index (χ2v) is 7.09. The third-order valence-corrected chi connectivity index (χ3v) is 4.90. The molecule has 3 rings (SSSR count). The molecule has 7 heteroatoms. The summed E-state index contributed by atoms with van der Waals surface area (Å²) in [5.41, 5.74) is 0.966. The van der Waals surface area contributed by atoms with Crippen LogP contribution in [-0.2, 0) is 9.59 Å². The minimum absolute atomic E-state index is 0.0230. The highest BCUT2D eigenvalue weighted by Gasteiger charge is 2.35. The summed E-state index contributed by atoms with van der Waals surface area (Å²) in [4.78, 5) is 26.4. The molecule has 0 bridgehead atoms. The Morgan fingerprint density at radius 1 is 1.25 bits per heavy atom. The van der Waals surface area contributed by atoms with Gasteiger partial charge >= 0.3 is 0 Å². The molecular formula is C17H20N4O2S. The summed E-state index contributed by atoms with van der Waals surface area (Å²) in [6.07, 6.45) is 1.54. The van der Waals surface area contributed by atoms with Gasteiger partial charge in [0.15, 0.2) is 0 Å². The quantitative estimate of drug-likeness (QED) is 0.925. The van der Waals surface area contributed by atoms with Crippen LogP contribution in [0.25, 0.3) is 10.6 Å². The molecule has 1 N–H and O–H groups in total. The van der Waals surface area contributed by atoms with Gasteiger partial charge in [0, 0.05) is 18.0 Å². The van der Waals surface area contributed by atoms with Crippen LogP contribution in [0.15, 0.2) is 30.3 Å². The van der Waals surface area contributed by atoms with Crippen molar-refractivity contribution in [2.45, 2.75) is 32.7 Å². The van der Waals surface area contributed by atoms with E-state index in [1.165, 1.54) is 11.3 Å². The molecule has 0 radical (unpaired) electrons. The van der Waals surface area contributed by atoms with Crippen molar-refractivity contribution < 1.29 is 9.59 Å². The van der Waals surface area contributed by atoms with Crippen molar-refractivity contribution in [1.29, 1.82) is 0 Å². The van der Waals surface area contributed by atoms with Crippen LogP contribution < -0.4 is 5.32 Å². The maximum Gasteiger partial charge on any atom is 0.249 e. The first-order valence-corrected chi connectivity index (χ1v) is 8.88. The lowest BCUT2D eigenvalue weighted by molar-refractivity contribution is -0.139. The molecule has 6 nitrogen and oxygen atoms in total. The Bertz CT molecular complexity index is 729. The van der Waals surface area contributed by atoms with Crippen molar-refractivity contribution >= 4 is 28.3 Å². The summed E-state index contributed by atoms with van der Waals surface area (Å²) in [6, 6.07) is 9.29. The van der Waals surface area contributed by atoms with Crippen LogP contribution in [0.5, 0.6) is 0 Å². The number of aromatic nitrogens is 2. The first kappa shape index (κ1) is 16.6. The monoisotopic (exact) mass is 344 g/mol. The van der Waals surface area contributed by atoms with Gasteiger partial charge in [-0.25, -0.2) is 0 Å². The van der Waals surface area contributed by atoms with Crippen molar-refractivity contribution in [2.24, 2.45) is 5.92 Å². The largest absolute Gasteiger partial charge is 0.330 e. The molecule has 2 heterocycles. The lowest BCUT2D eigenvalue weighted by Gasteiger charge is -2.25. The summed E-state index contributed by atoms with van der Waals surface area (Å²) < 4.78 is 0. The third-order valence-electron chi connectivity index (χ3n) is 4.01. The van der Waals surface area contributed by atoms with Crippen molar-refractivity contribution in [3.8, 4) is 10.6 Å². The number of nitrogens with one attached hydrogen (secondary N) is 1. The zero-order chi connectivity index (χ0) is 17.1. The number of amides is 2. The van der Waals surface area contributed by atoms with Gasteiger partial charge in [-0.05, 0) is 12.8 Å². The first-order valence-electron chi connectivity index (χ1n) is 8.06. The van der Waals surface area contributed by atoms with Gasteiger partial charge < -0.3 is 4.90 Å². The summed E-state index contributed by atoms with van der Waals surface area (Å²) in [5.74, 6) is -0.267. The standard InChI is InChI=1S/C17H20N4O2S/c1-11(2)16(23)21-10-6-9-13(21)14(22)18-17-20-19-15(24-17)12-7-4-3-5-8-12/h3-5,7-8,11,13H,6,9-10H2,1-2H3,(H,18,20,22). The van der Waals surface area contributed by atoms with Crippen LogP contribution in [-0.4, -0.2) is 39.5 Å². The molecule has 1 aliphatic heterocycles. The topological polar surface area (TPSA) is 75.2 Å². The fourth-order valence-corrected chi connectivity index (χ4v) is 3.55. The molecule has 1 unspecified atom stereocenters. The molecular weight excluding hydrogens is 324 g/mol.